The molecule has 2 N–H and O–H groups in total. The van der Waals surface area contributed by atoms with Gasteiger partial charge in [-0.1, -0.05) is 50.7 Å². The molecule has 3 aliphatic rings. The molecule has 0 saturated heterocycles. The predicted molar refractivity (Wildman–Crippen MR) is 90.3 cm³/mol. The average Bonchev–Trinajstić information content (AvgIpc) is 2.49. The van der Waals surface area contributed by atoms with Crippen molar-refractivity contribution in [2.75, 3.05) is 0 Å². The lowest BCUT2D eigenvalue weighted by Crippen LogP contribution is -2.49. The Morgan fingerprint density at radius 1 is 0.905 bits per heavy atom. The maximum absolute atomic E-state index is 3.93. The number of hydrogen-bond donors (Lipinski definition) is 2. The molecule has 118 valence electrons. The van der Waals surface area contributed by atoms with Crippen molar-refractivity contribution in [3.63, 3.8) is 0 Å². The molecule has 0 aromatic heterocycles. The Hall–Kier alpha value is -0.760. The van der Waals surface area contributed by atoms with E-state index < -0.39 is 0 Å². The third-order valence-electron chi connectivity index (χ3n) is 5.45. The van der Waals surface area contributed by atoms with Gasteiger partial charge in [0.2, 0.25) is 0 Å². The average molecular weight is 288 g/mol. The van der Waals surface area contributed by atoms with Crippen LogP contribution in [0, 0.1) is 0 Å². The van der Waals surface area contributed by atoms with E-state index in [1.165, 1.54) is 69.9 Å². The lowest BCUT2D eigenvalue weighted by atomic mass is 9.86. The number of rotatable bonds is 4. The standard InChI is InChI=1S/C19H32N2/c1-19(21-17-11-6-3-7-12-17)14-8-13-18(15-19)20-16-9-4-2-5-10-16/h8,13-14,16-17,20-21H,2-7,9-12,15H2,1H3. The second-order valence-corrected chi connectivity index (χ2v) is 7.60. The van der Waals surface area contributed by atoms with Gasteiger partial charge in [-0.2, -0.15) is 0 Å². The Labute approximate surface area is 130 Å². The summed E-state index contributed by atoms with van der Waals surface area (Å²) in [5.41, 5.74) is 1.59. The maximum atomic E-state index is 3.93. The van der Waals surface area contributed by atoms with Crippen LogP contribution in [-0.2, 0) is 0 Å². The highest BCUT2D eigenvalue weighted by molar-refractivity contribution is 5.26. The Balaban J connectivity index is 1.53. The molecule has 0 amide bonds. The molecule has 0 spiro atoms. The second kappa shape index (κ2) is 7.00. The summed E-state index contributed by atoms with van der Waals surface area (Å²) in [5.74, 6) is 0. The van der Waals surface area contributed by atoms with Crippen LogP contribution in [0.15, 0.2) is 23.9 Å². The van der Waals surface area contributed by atoms with E-state index in [0.29, 0.717) is 0 Å². The molecule has 0 heterocycles. The molecule has 21 heavy (non-hydrogen) atoms. The van der Waals surface area contributed by atoms with Gasteiger partial charge in [0.15, 0.2) is 0 Å². The fraction of sp³-hybridized carbons (Fsp3) is 0.789. The summed E-state index contributed by atoms with van der Waals surface area (Å²) in [6.45, 7) is 2.37. The molecule has 2 fully saturated rings. The van der Waals surface area contributed by atoms with Crippen LogP contribution in [-0.4, -0.2) is 17.6 Å². The van der Waals surface area contributed by atoms with Crippen LogP contribution in [0.25, 0.3) is 0 Å². The minimum Gasteiger partial charge on any atom is -0.386 e. The first-order valence-corrected chi connectivity index (χ1v) is 9.16. The summed E-state index contributed by atoms with van der Waals surface area (Å²) in [6, 6.07) is 1.44. The summed E-state index contributed by atoms with van der Waals surface area (Å²) in [4.78, 5) is 0. The molecule has 0 aliphatic heterocycles. The topological polar surface area (TPSA) is 24.1 Å². The molecule has 2 heteroatoms. The van der Waals surface area contributed by atoms with Crippen LogP contribution in [0.3, 0.4) is 0 Å². The smallest absolute Gasteiger partial charge is 0.0395 e. The van der Waals surface area contributed by atoms with Crippen molar-refractivity contribution < 1.29 is 0 Å². The molecule has 2 saturated carbocycles. The van der Waals surface area contributed by atoms with Gasteiger partial charge in [0.05, 0.1) is 0 Å². The van der Waals surface area contributed by atoms with Crippen molar-refractivity contribution in [3.8, 4) is 0 Å². The minimum absolute atomic E-state index is 0.147. The number of hydrogen-bond acceptors (Lipinski definition) is 2. The highest BCUT2D eigenvalue weighted by Crippen LogP contribution is 2.27. The predicted octanol–water partition coefficient (Wildman–Crippen LogP) is 4.43. The lowest BCUT2D eigenvalue weighted by Gasteiger charge is -2.38. The van der Waals surface area contributed by atoms with Crippen molar-refractivity contribution >= 4 is 0 Å². The van der Waals surface area contributed by atoms with E-state index in [1.807, 2.05) is 0 Å². The summed E-state index contributed by atoms with van der Waals surface area (Å²) < 4.78 is 0. The van der Waals surface area contributed by atoms with E-state index in [4.69, 9.17) is 0 Å². The van der Waals surface area contributed by atoms with Gasteiger partial charge < -0.3 is 10.6 Å². The van der Waals surface area contributed by atoms with Crippen LogP contribution in [0.4, 0.5) is 0 Å². The third kappa shape index (κ3) is 4.35. The minimum atomic E-state index is 0.147. The number of nitrogens with one attached hydrogen (secondary N) is 2. The van der Waals surface area contributed by atoms with E-state index in [2.05, 4.69) is 35.8 Å². The summed E-state index contributed by atoms with van der Waals surface area (Å²) in [5, 5.41) is 7.75. The molecule has 3 aliphatic carbocycles. The molecule has 0 aromatic rings. The molecular formula is C19H32N2. The molecule has 2 nitrogen and oxygen atoms in total. The quantitative estimate of drug-likeness (QED) is 0.799. The van der Waals surface area contributed by atoms with Crippen molar-refractivity contribution in [2.24, 2.45) is 0 Å². The molecule has 1 atom stereocenters. The van der Waals surface area contributed by atoms with Gasteiger partial charge in [-0.25, -0.2) is 0 Å². The maximum Gasteiger partial charge on any atom is 0.0395 e. The second-order valence-electron chi connectivity index (χ2n) is 7.60. The third-order valence-corrected chi connectivity index (χ3v) is 5.45. The Morgan fingerprint density at radius 2 is 1.52 bits per heavy atom. The van der Waals surface area contributed by atoms with E-state index in [9.17, 15) is 0 Å². The first-order chi connectivity index (χ1) is 10.2. The van der Waals surface area contributed by atoms with Gasteiger partial charge in [0.25, 0.3) is 0 Å². The Bertz CT molecular complexity index is 386. The normalized spacial score (nSPS) is 32.0. The monoisotopic (exact) mass is 288 g/mol. The van der Waals surface area contributed by atoms with Crippen LogP contribution < -0.4 is 10.6 Å². The van der Waals surface area contributed by atoms with Gasteiger partial charge in [0.1, 0.15) is 0 Å². The van der Waals surface area contributed by atoms with E-state index in [-0.39, 0.29) is 5.54 Å². The van der Waals surface area contributed by atoms with E-state index in [1.54, 1.807) is 0 Å². The first-order valence-electron chi connectivity index (χ1n) is 9.16. The molecule has 1 unspecified atom stereocenters. The highest BCUT2D eigenvalue weighted by Gasteiger charge is 2.29. The van der Waals surface area contributed by atoms with Crippen molar-refractivity contribution in [1.29, 1.82) is 0 Å². The van der Waals surface area contributed by atoms with Crippen LogP contribution in [0.5, 0.6) is 0 Å². The van der Waals surface area contributed by atoms with Gasteiger partial charge in [-0.15, -0.1) is 0 Å². The fourth-order valence-electron chi connectivity index (χ4n) is 4.31. The van der Waals surface area contributed by atoms with Gasteiger partial charge in [0, 0.05) is 29.7 Å². The van der Waals surface area contributed by atoms with Gasteiger partial charge >= 0.3 is 0 Å². The lowest BCUT2D eigenvalue weighted by molar-refractivity contribution is 0.292. The Kier molecular flexibility index (Phi) is 5.05. The van der Waals surface area contributed by atoms with Gasteiger partial charge in [-0.3, -0.25) is 0 Å². The van der Waals surface area contributed by atoms with Crippen LogP contribution in [0.2, 0.25) is 0 Å². The van der Waals surface area contributed by atoms with Gasteiger partial charge in [-0.05, 0) is 38.7 Å². The summed E-state index contributed by atoms with van der Waals surface area (Å²) in [7, 11) is 0. The number of allylic oxidation sites excluding steroid dienone is 2. The zero-order chi connectivity index (χ0) is 14.5. The van der Waals surface area contributed by atoms with E-state index >= 15 is 0 Å². The first kappa shape index (κ1) is 15.1. The molecule has 0 aromatic carbocycles. The zero-order valence-corrected chi connectivity index (χ0v) is 13.7. The van der Waals surface area contributed by atoms with Crippen LogP contribution >= 0.6 is 0 Å². The largest absolute Gasteiger partial charge is 0.386 e. The van der Waals surface area contributed by atoms with Crippen molar-refractivity contribution in [3.05, 3.63) is 23.9 Å². The zero-order valence-electron chi connectivity index (χ0n) is 13.7. The molecular weight excluding hydrogens is 256 g/mol. The summed E-state index contributed by atoms with van der Waals surface area (Å²) in [6.07, 6.45) is 21.9. The van der Waals surface area contributed by atoms with Crippen LogP contribution in [0.1, 0.15) is 77.6 Å². The van der Waals surface area contributed by atoms with Crippen molar-refractivity contribution in [1.82, 2.24) is 10.6 Å². The SMILES string of the molecule is CC1(NC2CCCCC2)C=CC=C(NC2CCCCC2)C1. The summed E-state index contributed by atoms with van der Waals surface area (Å²) >= 11 is 0. The van der Waals surface area contributed by atoms with E-state index in [0.717, 1.165) is 18.5 Å². The molecule has 0 bridgehead atoms. The Morgan fingerprint density at radius 3 is 2.19 bits per heavy atom. The highest BCUT2D eigenvalue weighted by atomic mass is 15.0. The molecule has 3 rings (SSSR count). The fourth-order valence-corrected chi connectivity index (χ4v) is 4.31. The van der Waals surface area contributed by atoms with Crippen molar-refractivity contribution in [2.45, 2.75) is 95.2 Å². The molecule has 0 radical (unpaired) electrons.